The van der Waals surface area contributed by atoms with Gasteiger partial charge >= 0.3 is 0 Å². The zero-order valence-electron chi connectivity index (χ0n) is 12.5. The smallest absolute Gasteiger partial charge is 0.173 e. The van der Waals surface area contributed by atoms with Crippen molar-refractivity contribution in [3.8, 4) is 0 Å². The van der Waals surface area contributed by atoms with E-state index in [0.717, 1.165) is 11.3 Å². The molecule has 3 aromatic rings. The molecular weight excluding hydrogens is 367 g/mol. The van der Waals surface area contributed by atoms with E-state index in [1.165, 1.54) is 0 Å². The molecule has 2 heterocycles. The molecule has 0 saturated heterocycles. The van der Waals surface area contributed by atoms with Crippen LogP contribution in [0.2, 0.25) is 10.0 Å². The van der Waals surface area contributed by atoms with Crippen LogP contribution in [-0.4, -0.2) is 14.9 Å². The van der Waals surface area contributed by atoms with Gasteiger partial charge in [0.05, 0.1) is 19.4 Å². The van der Waals surface area contributed by atoms with Crippen LogP contribution in [0.5, 0.6) is 0 Å². The van der Waals surface area contributed by atoms with E-state index >= 15 is 0 Å². The average molecular weight is 381 g/mol. The van der Waals surface area contributed by atoms with Crippen LogP contribution in [0.25, 0.3) is 0 Å². The fourth-order valence-electron chi connectivity index (χ4n) is 2.10. The Labute approximate surface area is 154 Å². The lowest BCUT2D eigenvalue weighted by Crippen LogP contribution is -2.28. The molecule has 0 saturated carbocycles. The number of thiocarbonyl (C=S) groups is 1. The maximum absolute atomic E-state index is 6.21. The van der Waals surface area contributed by atoms with Crippen LogP contribution >= 0.6 is 35.4 Å². The summed E-state index contributed by atoms with van der Waals surface area (Å²) in [5.74, 6) is 1.27. The van der Waals surface area contributed by atoms with Crippen molar-refractivity contribution in [3.63, 3.8) is 0 Å². The minimum Gasteiger partial charge on any atom is -0.467 e. The molecule has 0 fully saturated rings. The summed E-state index contributed by atoms with van der Waals surface area (Å²) in [6.07, 6.45) is 3.34. The van der Waals surface area contributed by atoms with Gasteiger partial charge in [-0.25, -0.2) is 0 Å². The van der Waals surface area contributed by atoms with Crippen molar-refractivity contribution in [3.05, 3.63) is 70.2 Å². The highest BCUT2D eigenvalue weighted by molar-refractivity contribution is 7.80. The summed E-state index contributed by atoms with van der Waals surface area (Å²) >= 11 is 17.6. The summed E-state index contributed by atoms with van der Waals surface area (Å²) in [5.41, 5.74) is 0.961. The second kappa shape index (κ2) is 7.70. The van der Waals surface area contributed by atoms with Gasteiger partial charge in [-0.1, -0.05) is 41.4 Å². The van der Waals surface area contributed by atoms with Gasteiger partial charge in [-0.3, -0.25) is 4.68 Å². The Morgan fingerprint density at radius 3 is 2.75 bits per heavy atom. The quantitative estimate of drug-likeness (QED) is 0.645. The molecule has 0 aliphatic heterocycles. The first kappa shape index (κ1) is 16.8. The van der Waals surface area contributed by atoms with Crippen LogP contribution in [0.4, 0.5) is 5.82 Å². The number of nitrogens with one attached hydrogen (secondary N) is 2. The number of halogens is 2. The number of benzene rings is 1. The van der Waals surface area contributed by atoms with E-state index in [1.54, 1.807) is 17.1 Å². The second-order valence-corrected chi connectivity index (χ2v) is 6.22. The first-order valence-corrected chi connectivity index (χ1v) is 8.32. The van der Waals surface area contributed by atoms with Crippen molar-refractivity contribution in [2.45, 2.75) is 13.1 Å². The van der Waals surface area contributed by atoms with E-state index in [-0.39, 0.29) is 0 Å². The number of anilines is 1. The molecule has 0 aliphatic carbocycles. The van der Waals surface area contributed by atoms with E-state index in [2.05, 4.69) is 15.7 Å². The zero-order chi connectivity index (χ0) is 16.9. The number of hydrogen-bond acceptors (Lipinski definition) is 3. The Hall–Kier alpha value is -2.02. The Morgan fingerprint density at radius 1 is 1.17 bits per heavy atom. The first-order valence-electron chi connectivity index (χ1n) is 7.15. The normalized spacial score (nSPS) is 10.6. The third-order valence-corrected chi connectivity index (χ3v) is 4.13. The number of aromatic nitrogens is 2. The third-order valence-electron chi connectivity index (χ3n) is 3.24. The van der Waals surface area contributed by atoms with Gasteiger partial charge in [0.2, 0.25) is 0 Å². The summed E-state index contributed by atoms with van der Waals surface area (Å²) in [7, 11) is 0. The van der Waals surface area contributed by atoms with Gasteiger partial charge < -0.3 is 15.1 Å². The van der Waals surface area contributed by atoms with Crippen LogP contribution in [0.1, 0.15) is 11.3 Å². The third kappa shape index (κ3) is 4.29. The Morgan fingerprint density at radius 2 is 2.00 bits per heavy atom. The van der Waals surface area contributed by atoms with E-state index in [9.17, 15) is 0 Å². The SMILES string of the molecule is S=C(NCc1ccco1)Nc1nn(Cc2ccccc2Cl)cc1Cl. The lowest BCUT2D eigenvalue weighted by Gasteiger charge is -2.07. The summed E-state index contributed by atoms with van der Waals surface area (Å²) in [6, 6.07) is 11.3. The topological polar surface area (TPSA) is 55.0 Å². The van der Waals surface area contributed by atoms with Crippen LogP contribution in [0, 0.1) is 0 Å². The van der Waals surface area contributed by atoms with Gasteiger partial charge in [0.15, 0.2) is 10.9 Å². The van der Waals surface area contributed by atoms with Gasteiger partial charge in [-0.05, 0) is 36.0 Å². The fourth-order valence-corrected chi connectivity index (χ4v) is 2.66. The monoisotopic (exact) mass is 380 g/mol. The highest BCUT2D eigenvalue weighted by Crippen LogP contribution is 2.22. The highest BCUT2D eigenvalue weighted by atomic mass is 35.5. The summed E-state index contributed by atoms with van der Waals surface area (Å²) in [5, 5.41) is 12.0. The molecule has 0 unspecified atom stereocenters. The molecule has 24 heavy (non-hydrogen) atoms. The molecule has 2 aromatic heterocycles. The highest BCUT2D eigenvalue weighted by Gasteiger charge is 2.10. The molecule has 0 atom stereocenters. The van der Waals surface area contributed by atoms with Crippen LogP contribution < -0.4 is 10.6 Å². The number of hydrogen-bond donors (Lipinski definition) is 2. The van der Waals surface area contributed by atoms with Gasteiger partial charge in [0, 0.05) is 11.2 Å². The number of rotatable bonds is 5. The van der Waals surface area contributed by atoms with Gasteiger partial charge in [0.1, 0.15) is 10.8 Å². The molecule has 0 aliphatic rings. The van der Waals surface area contributed by atoms with Crippen molar-refractivity contribution < 1.29 is 4.42 Å². The minimum atomic E-state index is 0.413. The molecule has 2 N–H and O–H groups in total. The molecular formula is C16H14Cl2N4OS. The Balaban J connectivity index is 1.61. The number of nitrogens with zero attached hydrogens (tertiary/aromatic N) is 2. The van der Waals surface area contributed by atoms with Crippen molar-refractivity contribution in [2.24, 2.45) is 0 Å². The molecule has 3 rings (SSSR count). The average Bonchev–Trinajstić information content (AvgIpc) is 3.18. The lowest BCUT2D eigenvalue weighted by molar-refractivity contribution is 0.503. The zero-order valence-corrected chi connectivity index (χ0v) is 14.8. The first-order chi connectivity index (χ1) is 11.6. The largest absolute Gasteiger partial charge is 0.467 e. The Bertz CT molecular complexity index is 832. The van der Waals surface area contributed by atoms with Crippen molar-refractivity contribution in [2.75, 3.05) is 5.32 Å². The van der Waals surface area contributed by atoms with Crippen molar-refractivity contribution in [1.29, 1.82) is 0 Å². The molecule has 0 radical (unpaired) electrons. The summed E-state index contributed by atoms with van der Waals surface area (Å²) in [6.45, 7) is 1.00. The van der Waals surface area contributed by atoms with Crippen molar-refractivity contribution >= 4 is 46.4 Å². The Kier molecular flexibility index (Phi) is 5.40. The molecule has 0 bridgehead atoms. The number of furan rings is 1. The van der Waals surface area contributed by atoms with E-state index in [4.69, 9.17) is 39.8 Å². The van der Waals surface area contributed by atoms with Gasteiger partial charge in [-0.15, -0.1) is 0 Å². The van der Waals surface area contributed by atoms with Crippen LogP contribution in [0.3, 0.4) is 0 Å². The second-order valence-electron chi connectivity index (χ2n) is 5.00. The molecule has 8 heteroatoms. The molecule has 5 nitrogen and oxygen atoms in total. The minimum absolute atomic E-state index is 0.413. The molecule has 1 aromatic carbocycles. The van der Waals surface area contributed by atoms with Crippen molar-refractivity contribution in [1.82, 2.24) is 15.1 Å². The molecule has 0 amide bonds. The molecule has 124 valence electrons. The van der Waals surface area contributed by atoms with Crippen LogP contribution in [-0.2, 0) is 13.1 Å². The van der Waals surface area contributed by atoms with Gasteiger partial charge in [0.25, 0.3) is 0 Å². The maximum Gasteiger partial charge on any atom is 0.173 e. The predicted octanol–water partition coefficient (Wildman–Crippen LogP) is 4.32. The van der Waals surface area contributed by atoms with E-state index < -0.39 is 0 Å². The van der Waals surface area contributed by atoms with Gasteiger partial charge in [-0.2, -0.15) is 5.10 Å². The maximum atomic E-state index is 6.21. The lowest BCUT2D eigenvalue weighted by atomic mass is 10.2. The standard InChI is InChI=1S/C16H14Cl2N4OS/c17-13-6-2-1-4-11(13)9-22-10-14(18)15(21-22)20-16(24)19-8-12-5-3-7-23-12/h1-7,10H,8-9H2,(H2,19,20,21,24). The van der Waals surface area contributed by atoms with Crippen LogP contribution in [0.15, 0.2) is 53.3 Å². The molecule has 0 spiro atoms. The predicted molar refractivity (Wildman–Crippen MR) is 99.6 cm³/mol. The van der Waals surface area contributed by atoms with E-state index in [1.807, 2.05) is 36.4 Å². The fraction of sp³-hybridized carbons (Fsp3) is 0.125. The summed E-state index contributed by atoms with van der Waals surface area (Å²) in [4.78, 5) is 0. The summed E-state index contributed by atoms with van der Waals surface area (Å²) < 4.78 is 6.94. The van der Waals surface area contributed by atoms with E-state index in [0.29, 0.717) is 34.1 Å².